The minimum atomic E-state index is -3.94. The quantitative estimate of drug-likeness (QED) is 0.738. The van der Waals surface area contributed by atoms with Crippen LogP contribution < -0.4 is 9.04 Å². The number of sulfonamides is 1. The van der Waals surface area contributed by atoms with Crippen LogP contribution in [-0.4, -0.2) is 35.2 Å². The van der Waals surface area contributed by atoms with E-state index in [1.165, 1.54) is 26.4 Å². The van der Waals surface area contributed by atoms with Gasteiger partial charge in [0.25, 0.3) is 10.0 Å². The zero-order valence-electron chi connectivity index (χ0n) is 14.6. The number of anilines is 1. The molecular weight excluding hydrogens is 342 g/mol. The van der Waals surface area contributed by atoms with E-state index in [0.29, 0.717) is 11.4 Å². The lowest BCUT2D eigenvalue weighted by Gasteiger charge is -2.24. The van der Waals surface area contributed by atoms with Gasteiger partial charge in [-0.3, -0.25) is 9.10 Å². The van der Waals surface area contributed by atoms with Crippen molar-refractivity contribution < 1.29 is 22.7 Å². The van der Waals surface area contributed by atoms with Gasteiger partial charge >= 0.3 is 5.97 Å². The van der Waals surface area contributed by atoms with E-state index in [9.17, 15) is 13.2 Å². The number of esters is 1. The molecule has 6 nitrogen and oxygen atoms in total. The molecule has 0 aromatic heterocycles. The van der Waals surface area contributed by atoms with Crippen LogP contribution in [0.3, 0.4) is 0 Å². The molecule has 0 aliphatic rings. The number of carbonyl (C=O) groups excluding carboxylic acids is 1. The second-order valence-corrected chi connectivity index (χ2v) is 7.47. The van der Waals surface area contributed by atoms with Crippen LogP contribution in [0.4, 0.5) is 5.69 Å². The van der Waals surface area contributed by atoms with Gasteiger partial charge in [0.1, 0.15) is 12.3 Å². The van der Waals surface area contributed by atoms with Gasteiger partial charge in [-0.1, -0.05) is 6.07 Å². The molecule has 0 amide bonds. The number of nitrogens with zero attached hydrogens (tertiary/aromatic N) is 1. The van der Waals surface area contributed by atoms with E-state index in [4.69, 9.17) is 4.74 Å². The van der Waals surface area contributed by atoms with Crippen molar-refractivity contribution in [2.24, 2.45) is 0 Å². The topological polar surface area (TPSA) is 72.9 Å². The lowest BCUT2D eigenvalue weighted by molar-refractivity contribution is -0.138. The van der Waals surface area contributed by atoms with Crippen LogP contribution in [-0.2, 0) is 19.6 Å². The summed E-state index contributed by atoms with van der Waals surface area (Å²) in [5.74, 6) is -0.0962. The molecule has 25 heavy (non-hydrogen) atoms. The minimum Gasteiger partial charge on any atom is -0.497 e. The average molecular weight is 363 g/mol. The van der Waals surface area contributed by atoms with Gasteiger partial charge in [0.05, 0.1) is 24.8 Å². The van der Waals surface area contributed by atoms with E-state index in [1.54, 1.807) is 24.3 Å². The smallest absolute Gasteiger partial charge is 0.326 e. The molecule has 2 aromatic carbocycles. The zero-order valence-corrected chi connectivity index (χ0v) is 15.5. The fourth-order valence-corrected chi connectivity index (χ4v) is 3.86. The molecule has 0 N–H and O–H groups in total. The Kier molecular flexibility index (Phi) is 5.69. The van der Waals surface area contributed by atoms with Crippen LogP contribution in [0.15, 0.2) is 47.4 Å². The Balaban J connectivity index is 2.54. The fraction of sp³-hybridized carbons (Fsp3) is 0.278. The number of ether oxygens (including phenoxy) is 2. The van der Waals surface area contributed by atoms with Crippen molar-refractivity contribution in [3.63, 3.8) is 0 Å². The predicted molar refractivity (Wildman–Crippen MR) is 95.5 cm³/mol. The van der Waals surface area contributed by atoms with E-state index >= 15 is 0 Å². The van der Waals surface area contributed by atoms with E-state index in [1.807, 2.05) is 19.9 Å². The lowest BCUT2D eigenvalue weighted by Crippen LogP contribution is -2.36. The summed E-state index contributed by atoms with van der Waals surface area (Å²) in [6.07, 6.45) is 0. The van der Waals surface area contributed by atoms with Gasteiger partial charge in [0.15, 0.2) is 0 Å². The van der Waals surface area contributed by atoms with Gasteiger partial charge in [-0.2, -0.15) is 0 Å². The molecule has 0 fully saturated rings. The van der Waals surface area contributed by atoms with Crippen LogP contribution in [0.5, 0.6) is 5.75 Å². The monoisotopic (exact) mass is 363 g/mol. The van der Waals surface area contributed by atoms with E-state index in [0.717, 1.165) is 15.4 Å². The summed E-state index contributed by atoms with van der Waals surface area (Å²) in [4.78, 5) is 11.9. The van der Waals surface area contributed by atoms with Crippen LogP contribution in [0.25, 0.3) is 0 Å². The number of hydrogen-bond acceptors (Lipinski definition) is 5. The number of hydrogen-bond donors (Lipinski definition) is 0. The molecule has 134 valence electrons. The third kappa shape index (κ3) is 4.30. The second-order valence-electron chi connectivity index (χ2n) is 5.61. The highest BCUT2D eigenvalue weighted by Crippen LogP contribution is 2.27. The van der Waals surface area contributed by atoms with Crippen molar-refractivity contribution in [1.82, 2.24) is 0 Å². The van der Waals surface area contributed by atoms with Crippen LogP contribution >= 0.6 is 0 Å². The average Bonchev–Trinajstić information content (AvgIpc) is 2.58. The Morgan fingerprint density at radius 2 is 1.56 bits per heavy atom. The third-order valence-electron chi connectivity index (χ3n) is 3.64. The van der Waals surface area contributed by atoms with E-state index < -0.39 is 22.5 Å². The number of aryl methyl sites for hydroxylation is 2. The molecule has 7 heteroatoms. The minimum absolute atomic E-state index is 0.0661. The second kappa shape index (κ2) is 7.57. The summed E-state index contributed by atoms with van der Waals surface area (Å²) >= 11 is 0. The first-order valence-electron chi connectivity index (χ1n) is 7.60. The summed E-state index contributed by atoms with van der Waals surface area (Å²) in [6, 6.07) is 11.4. The standard InChI is InChI=1S/C18H21NO5S/c1-13-9-14(2)11-15(10-13)19(12-18(20)24-4)25(21,22)17-7-5-16(23-3)6-8-17/h5-11H,12H2,1-4H3. The Hall–Kier alpha value is -2.54. The van der Waals surface area contributed by atoms with Crippen LogP contribution in [0.2, 0.25) is 0 Å². The molecule has 0 radical (unpaired) electrons. The Labute approximate surface area is 148 Å². The molecule has 0 saturated carbocycles. The molecule has 0 heterocycles. The highest BCUT2D eigenvalue weighted by atomic mass is 32.2. The first-order valence-corrected chi connectivity index (χ1v) is 9.04. The molecule has 0 aliphatic heterocycles. The molecular formula is C18H21NO5S. The molecule has 0 atom stereocenters. The van der Waals surface area contributed by atoms with E-state index in [-0.39, 0.29) is 4.90 Å². The SMILES string of the molecule is COC(=O)CN(c1cc(C)cc(C)c1)S(=O)(=O)c1ccc(OC)cc1. The first kappa shape index (κ1) is 18.8. The summed E-state index contributed by atoms with van der Waals surface area (Å²) < 4.78 is 36.9. The molecule has 0 spiro atoms. The first-order chi connectivity index (χ1) is 11.8. The zero-order chi connectivity index (χ0) is 18.6. The maximum absolute atomic E-state index is 13.1. The maximum Gasteiger partial charge on any atom is 0.326 e. The third-order valence-corrected chi connectivity index (χ3v) is 5.43. The Morgan fingerprint density at radius 3 is 2.04 bits per heavy atom. The lowest BCUT2D eigenvalue weighted by atomic mass is 10.1. The highest BCUT2D eigenvalue weighted by Gasteiger charge is 2.28. The summed E-state index contributed by atoms with van der Waals surface area (Å²) in [6.45, 7) is 3.33. The molecule has 0 saturated heterocycles. The Morgan fingerprint density at radius 1 is 1.00 bits per heavy atom. The van der Waals surface area contributed by atoms with Crippen molar-refractivity contribution >= 4 is 21.7 Å². The van der Waals surface area contributed by atoms with Gasteiger partial charge in [-0.25, -0.2) is 8.42 Å². The van der Waals surface area contributed by atoms with Crippen molar-refractivity contribution in [2.45, 2.75) is 18.7 Å². The van der Waals surface area contributed by atoms with Crippen molar-refractivity contribution in [3.05, 3.63) is 53.6 Å². The number of carbonyl (C=O) groups is 1. The summed E-state index contributed by atoms with van der Waals surface area (Å²) in [5, 5.41) is 0. The van der Waals surface area contributed by atoms with Gasteiger partial charge in [0, 0.05) is 0 Å². The van der Waals surface area contributed by atoms with Crippen LogP contribution in [0.1, 0.15) is 11.1 Å². The van der Waals surface area contributed by atoms with Crippen molar-refractivity contribution in [1.29, 1.82) is 0 Å². The van der Waals surface area contributed by atoms with Gasteiger partial charge in [-0.15, -0.1) is 0 Å². The van der Waals surface area contributed by atoms with Crippen molar-refractivity contribution in [2.75, 3.05) is 25.1 Å². The molecule has 0 unspecified atom stereocenters. The number of benzene rings is 2. The predicted octanol–water partition coefficient (Wildman–Crippen LogP) is 2.68. The summed E-state index contributed by atoms with van der Waals surface area (Å²) in [7, 11) is -1.21. The van der Waals surface area contributed by atoms with E-state index in [2.05, 4.69) is 4.74 Å². The number of methoxy groups -OCH3 is 2. The molecule has 0 bridgehead atoms. The highest BCUT2D eigenvalue weighted by molar-refractivity contribution is 7.92. The van der Waals surface area contributed by atoms with Crippen LogP contribution in [0, 0.1) is 13.8 Å². The normalized spacial score (nSPS) is 11.0. The largest absolute Gasteiger partial charge is 0.497 e. The summed E-state index contributed by atoms with van der Waals surface area (Å²) in [5.41, 5.74) is 2.21. The Bertz CT molecular complexity index is 839. The maximum atomic E-state index is 13.1. The molecule has 2 aromatic rings. The number of rotatable bonds is 6. The van der Waals surface area contributed by atoms with Crippen molar-refractivity contribution in [3.8, 4) is 5.75 Å². The molecule has 2 rings (SSSR count). The van der Waals surface area contributed by atoms with Gasteiger partial charge in [0.2, 0.25) is 0 Å². The molecule has 0 aliphatic carbocycles. The van der Waals surface area contributed by atoms with Gasteiger partial charge < -0.3 is 9.47 Å². The fourth-order valence-electron chi connectivity index (χ4n) is 2.47. The van der Waals surface area contributed by atoms with Gasteiger partial charge in [-0.05, 0) is 61.4 Å².